The zero-order chi connectivity index (χ0) is 18.7. The van der Waals surface area contributed by atoms with E-state index in [1.165, 1.54) is 6.92 Å². The topological polar surface area (TPSA) is 66.8 Å². The molecule has 3 rings (SSSR count). The van der Waals surface area contributed by atoms with Crippen LogP contribution in [-0.4, -0.2) is 47.9 Å². The number of rotatable bonds is 6. The highest BCUT2D eigenvalue weighted by atomic mass is 19.1. The number of aliphatic carboxylic acids is 1. The van der Waals surface area contributed by atoms with E-state index in [0.717, 1.165) is 27.2 Å². The second-order valence-electron chi connectivity index (χ2n) is 6.20. The van der Waals surface area contributed by atoms with E-state index in [1.54, 1.807) is 0 Å². The molecule has 1 aliphatic carbocycles. The van der Waals surface area contributed by atoms with Crippen molar-refractivity contribution in [3.8, 4) is 11.1 Å². The van der Waals surface area contributed by atoms with Gasteiger partial charge in [-0.25, -0.2) is 14.0 Å². The minimum absolute atomic E-state index is 0.0714. The SMILES string of the molecule is CC(C(=O)O)N(CCF)C(=O)OCC1c2ccccc2-c2ccccc21. The molecule has 0 saturated heterocycles. The largest absolute Gasteiger partial charge is 0.480 e. The quantitative estimate of drug-likeness (QED) is 0.856. The molecule has 2 aromatic rings. The van der Waals surface area contributed by atoms with Crippen LogP contribution in [0, 0.1) is 0 Å². The molecule has 0 heterocycles. The molecule has 1 amide bonds. The average Bonchev–Trinajstić information content (AvgIpc) is 2.97. The molecule has 26 heavy (non-hydrogen) atoms. The van der Waals surface area contributed by atoms with Crippen molar-refractivity contribution in [1.29, 1.82) is 0 Å². The number of carboxylic acids is 1. The Kier molecular flexibility index (Phi) is 5.21. The third kappa shape index (κ3) is 3.27. The minimum atomic E-state index is -1.20. The highest BCUT2D eigenvalue weighted by molar-refractivity contribution is 5.81. The van der Waals surface area contributed by atoms with Crippen LogP contribution in [0.1, 0.15) is 24.0 Å². The Morgan fingerprint density at radius 2 is 1.65 bits per heavy atom. The Balaban J connectivity index is 1.79. The molecule has 0 fully saturated rings. The van der Waals surface area contributed by atoms with Crippen molar-refractivity contribution in [2.75, 3.05) is 19.8 Å². The lowest BCUT2D eigenvalue weighted by atomic mass is 9.98. The smallest absolute Gasteiger partial charge is 0.410 e. The fourth-order valence-corrected chi connectivity index (χ4v) is 3.34. The van der Waals surface area contributed by atoms with Gasteiger partial charge >= 0.3 is 12.1 Å². The van der Waals surface area contributed by atoms with Crippen molar-refractivity contribution < 1.29 is 23.8 Å². The lowest BCUT2D eigenvalue weighted by Crippen LogP contribution is -2.45. The van der Waals surface area contributed by atoms with E-state index < -0.39 is 24.8 Å². The predicted octanol–water partition coefficient (Wildman–Crippen LogP) is 3.68. The molecule has 2 aromatic carbocycles. The Labute approximate surface area is 151 Å². The number of hydrogen-bond acceptors (Lipinski definition) is 3. The zero-order valence-corrected chi connectivity index (χ0v) is 14.4. The molecule has 0 aliphatic heterocycles. The molecule has 136 valence electrons. The summed E-state index contributed by atoms with van der Waals surface area (Å²) in [7, 11) is 0. The highest BCUT2D eigenvalue weighted by Gasteiger charge is 2.31. The molecule has 1 unspecified atom stereocenters. The first-order valence-electron chi connectivity index (χ1n) is 8.45. The molecule has 0 radical (unpaired) electrons. The maximum Gasteiger partial charge on any atom is 0.410 e. The van der Waals surface area contributed by atoms with Crippen molar-refractivity contribution in [1.82, 2.24) is 4.90 Å². The first-order valence-corrected chi connectivity index (χ1v) is 8.45. The molecule has 0 aromatic heterocycles. The van der Waals surface area contributed by atoms with Gasteiger partial charge in [-0.3, -0.25) is 4.90 Å². The van der Waals surface area contributed by atoms with Gasteiger partial charge in [0.15, 0.2) is 0 Å². The van der Waals surface area contributed by atoms with E-state index in [1.807, 2.05) is 48.5 Å². The lowest BCUT2D eigenvalue weighted by molar-refractivity contribution is -0.142. The standard InChI is InChI=1S/C20H20FNO4/c1-13(19(23)24)22(11-10-21)20(25)26-12-18-16-8-4-2-6-14(16)15-7-3-5-9-17(15)18/h2-9,13,18H,10-12H2,1H3,(H,23,24). The van der Waals surface area contributed by atoms with Crippen molar-refractivity contribution in [2.24, 2.45) is 0 Å². The van der Waals surface area contributed by atoms with Crippen LogP contribution in [0.25, 0.3) is 11.1 Å². The van der Waals surface area contributed by atoms with Gasteiger partial charge in [0.2, 0.25) is 0 Å². The third-order valence-corrected chi connectivity index (χ3v) is 4.72. The summed E-state index contributed by atoms with van der Waals surface area (Å²) in [6.07, 6.45) is -0.820. The van der Waals surface area contributed by atoms with Crippen molar-refractivity contribution in [3.63, 3.8) is 0 Å². The predicted molar refractivity (Wildman–Crippen MR) is 94.8 cm³/mol. The molecule has 0 bridgehead atoms. The van der Waals surface area contributed by atoms with Crippen molar-refractivity contribution in [3.05, 3.63) is 59.7 Å². The van der Waals surface area contributed by atoms with E-state index >= 15 is 0 Å². The number of benzene rings is 2. The normalized spacial score (nSPS) is 13.6. The molecule has 1 atom stereocenters. The first kappa shape index (κ1) is 17.9. The number of nitrogens with zero attached hydrogens (tertiary/aromatic N) is 1. The molecule has 0 spiro atoms. The summed E-state index contributed by atoms with van der Waals surface area (Å²) in [5.41, 5.74) is 4.32. The third-order valence-electron chi connectivity index (χ3n) is 4.72. The number of carbonyl (C=O) groups excluding carboxylic acids is 1. The minimum Gasteiger partial charge on any atom is -0.480 e. The van der Waals surface area contributed by atoms with Gasteiger partial charge in [-0.05, 0) is 29.2 Å². The summed E-state index contributed by atoms with van der Waals surface area (Å²) < 4.78 is 18.1. The number of fused-ring (bicyclic) bond motifs is 3. The van der Waals surface area contributed by atoms with Gasteiger partial charge in [0.25, 0.3) is 0 Å². The van der Waals surface area contributed by atoms with E-state index in [9.17, 15) is 14.0 Å². The zero-order valence-electron chi connectivity index (χ0n) is 14.4. The molecular weight excluding hydrogens is 337 g/mol. The maximum atomic E-state index is 12.7. The Morgan fingerprint density at radius 3 is 2.15 bits per heavy atom. The maximum absolute atomic E-state index is 12.7. The van der Waals surface area contributed by atoms with Gasteiger partial charge in [-0.2, -0.15) is 0 Å². The fourth-order valence-electron chi connectivity index (χ4n) is 3.34. The Bertz CT molecular complexity index is 777. The van der Waals surface area contributed by atoms with Crippen LogP contribution in [0.15, 0.2) is 48.5 Å². The summed E-state index contributed by atoms with van der Waals surface area (Å²) in [4.78, 5) is 24.4. The summed E-state index contributed by atoms with van der Waals surface area (Å²) >= 11 is 0. The molecule has 5 nitrogen and oxygen atoms in total. The first-order chi connectivity index (χ1) is 12.5. The van der Waals surface area contributed by atoms with Gasteiger partial charge in [-0.15, -0.1) is 0 Å². The number of halogens is 1. The molecule has 6 heteroatoms. The highest BCUT2D eigenvalue weighted by Crippen LogP contribution is 2.44. The van der Waals surface area contributed by atoms with Gasteiger partial charge in [0.1, 0.15) is 19.3 Å². The van der Waals surface area contributed by atoms with Crippen LogP contribution in [-0.2, 0) is 9.53 Å². The van der Waals surface area contributed by atoms with Gasteiger partial charge in [0, 0.05) is 5.92 Å². The van der Waals surface area contributed by atoms with Gasteiger partial charge in [-0.1, -0.05) is 48.5 Å². The second-order valence-corrected chi connectivity index (χ2v) is 6.20. The molecule has 1 N–H and O–H groups in total. The van der Waals surface area contributed by atoms with Crippen LogP contribution in [0.5, 0.6) is 0 Å². The molecule has 0 saturated carbocycles. The van der Waals surface area contributed by atoms with E-state index in [2.05, 4.69) is 0 Å². The molecular formula is C20H20FNO4. The number of ether oxygens (including phenoxy) is 1. The van der Waals surface area contributed by atoms with Crippen LogP contribution in [0.4, 0.5) is 9.18 Å². The summed E-state index contributed by atoms with van der Waals surface area (Å²) in [5.74, 6) is -1.33. The number of carboxylic acid groups (broad SMARTS) is 1. The monoisotopic (exact) mass is 357 g/mol. The number of amides is 1. The van der Waals surface area contributed by atoms with E-state index in [4.69, 9.17) is 9.84 Å². The van der Waals surface area contributed by atoms with Gasteiger partial charge < -0.3 is 9.84 Å². The van der Waals surface area contributed by atoms with Crippen LogP contribution >= 0.6 is 0 Å². The van der Waals surface area contributed by atoms with Crippen LogP contribution in [0.2, 0.25) is 0 Å². The number of hydrogen-bond donors (Lipinski definition) is 1. The number of carbonyl (C=O) groups is 2. The Hall–Kier alpha value is -2.89. The fraction of sp³-hybridized carbons (Fsp3) is 0.300. The van der Waals surface area contributed by atoms with Crippen LogP contribution < -0.4 is 0 Å². The van der Waals surface area contributed by atoms with E-state index in [-0.39, 0.29) is 19.1 Å². The van der Waals surface area contributed by atoms with Gasteiger partial charge in [0.05, 0.1) is 6.54 Å². The Morgan fingerprint density at radius 1 is 1.12 bits per heavy atom. The van der Waals surface area contributed by atoms with Crippen molar-refractivity contribution >= 4 is 12.1 Å². The van der Waals surface area contributed by atoms with Crippen LogP contribution in [0.3, 0.4) is 0 Å². The number of alkyl halides is 1. The molecule has 1 aliphatic rings. The summed E-state index contributed by atoms with van der Waals surface area (Å²) in [6, 6.07) is 14.7. The van der Waals surface area contributed by atoms with Crippen molar-refractivity contribution in [2.45, 2.75) is 18.9 Å². The second kappa shape index (κ2) is 7.56. The average molecular weight is 357 g/mol. The lowest BCUT2D eigenvalue weighted by Gasteiger charge is -2.25. The summed E-state index contributed by atoms with van der Waals surface area (Å²) in [6.45, 7) is 0.257. The summed E-state index contributed by atoms with van der Waals surface area (Å²) in [5, 5.41) is 9.10. The van der Waals surface area contributed by atoms with E-state index in [0.29, 0.717) is 0 Å².